The molecule has 0 saturated carbocycles. The van der Waals surface area contributed by atoms with Crippen LogP contribution in [0.5, 0.6) is 0 Å². The topological polar surface area (TPSA) is 58.2 Å². The maximum atomic E-state index is 12.8. The van der Waals surface area contributed by atoms with Gasteiger partial charge in [-0.05, 0) is 11.1 Å². The third-order valence-electron chi connectivity index (χ3n) is 3.85. The highest BCUT2D eigenvalue weighted by Crippen LogP contribution is 2.25. The van der Waals surface area contributed by atoms with Crippen molar-refractivity contribution in [1.82, 2.24) is 10.6 Å². The van der Waals surface area contributed by atoms with Gasteiger partial charge in [-0.25, -0.2) is 0 Å². The molecular formula is C18H18N2O2. The van der Waals surface area contributed by atoms with Gasteiger partial charge in [-0.15, -0.1) is 0 Å². The molecule has 2 amide bonds. The van der Waals surface area contributed by atoms with Gasteiger partial charge in [0, 0.05) is 13.0 Å². The van der Waals surface area contributed by atoms with Crippen LogP contribution in [0.15, 0.2) is 60.7 Å². The molecule has 0 unspecified atom stereocenters. The third kappa shape index (κ3) is 3.17. The van der Waals surface area contributed by atoms with Crippen molar-refractivity contribution in [2.24, 2.45) is 0 Å². The van der Waals surface area contributed by atoms with Gasteiger partial charge in [0.25, 0.3) is 0 Å². The number of hydrogen-bond acceptors (Lipinski definition) is 2. The summed E-state index contributed by atoms with van der Waals surface area (Å²) >= 11 is 0. The van der Waals surface area contributed by atoms with E-state index in [9.17, 15) is 9.59 Å². The van der Waals surface area contributed by atoms with Crippen LogP contribution >= 0.6 is 0 Å². The molecule has 1 aliphatic heterocycles. The summed E-state index contributed by atoms with van der Waals surface area (Å²) in [5.41, 5.74) is 1.90. The number of amides is 2. The molecule has 1 heterocycles. The average molecular weight is 294 g/mol. The van der Waals surface area contributed by atoms with Gasteiger partial charge >= 0.3 is 0 Å². The Morgan fingerprint density at radius 2 is 1.55 bits per heavy atom. The summed E-state index contributed by atoms with van der Waals surface area (Å²) in [6, 6.07) is 19.3. The smallest absolute Gasteiger partial charge is 0.232 e. The van der Waals surface area contributed by atoms with Gasteiger partial charge in [0.2, 0.25) is 11.8 Å². The summed E-state index contributed by atoms with van der Waals surface area (Å²) < 4.78 is 0. The van der Waals surface area contributed by atoms with E-state index in [0.29, 0.717) is 13.0 Å². The molecule has 0 radical (unpaired) electrons. The van der Waals surface area contributed by atoms with Crippen LogP contribution in [0.4, 0.5) is 0 Å². The minimum Gasteiger partial charge on any atom is -0.354 e. The molecule has 2 aromatic carbocycles. The maximum absolute atomic E-state index is 12.8. The summed E-state index contributed by atoms with van der Waals surface area (Å²) in [5, 5.41) is 5.72. The second kappa shape index (κ2) is 6.43. The number of carbonyl (C=O) groups excluding carboxylic acids is 2. The first-order valence-corrected chi connectivity index (χ1v) is 7.41. The molecule has 4 nitrogen and oxygen atoms in total. The highest BCUT2D eigenvalue weighted by molar-refractivity contribution is 5.88. The van der Waals surface area contributed by atoms with Gasteiger partial charge in [0.15, 0.2) is 0 Å². The fourth-order valence-corrected chi connectivity index (χ4v) is 2.78. The molecule has 0 aromatic heterocycles. The van der Waals surface area contributed by atoms with E-state index in [-0.39, 0.29) is 23.8 Å². The second-order valence-corrected chi connectivity index (χ2v) is 5.47. The van der Waals surface area contributed by atoms with E-state index in [2.05, 4.69) is 10.6 Å². The molecule has 112 valence electrons. The Morgan fingerprint density at radius 1 is 1.00 bits per heavy atom. The molecule has 1 atom stereocenters. The Balaban J connectivity index is 1.85. The van der Waals surface area contributed by atoms with Crippen LogP contribution < -0.4 is 10.6 Å². The largest absolute Gasteiger partial charge is 0.354 e. The molecule has 1 aliphatic rings. The minimum atomic E-state index is -0.363. The highest BCUT2D eigenvalue weighted by Gasteiger charge is 2.28. The van der Waals surface area contributed by atoms with Crippen molar-refractivity contribution in [2.45, 2.75) is 18.4 Å². The van der Waals surface area contributed by atoms with Crippen LogP contribution in [0.2, 0.25) is 0 Å². The first kappa shape index (κ1) is 14.3. The molecule has 22 heavy (non-hydrogen) atoms. The fraction of sp³-hybridized carbons (Fsp3) is 0.222. The monoisotopic (exact) mass is 294 g/mol. The zero-order chi connectivity index (χ0) is 15.4. The summed E-state index contributed by atoms with van der Waals surface area (Å²) in [7, 11) is 0. The lowest BCUT2D eigenvalue weighted by atomic mass is 9.90. The number of rotatable bonds is 4. The van der Waals surface area contributed by atoms with Crippen LogP contribution in [0, 0.1) is 0 Å². The van der Waals surface area contributed by atoms with Crippen LogP contribution in [0.1, 0.15) is 23.5 Å². The quantitative estimate of drug-likeness (QED) is 0.903. The number of benzene rings is 2. The lowest BCUT2D eigenvalue weighted by Crippen LogP contribution is -2.39. The van der Waals surface area contributed by atoms with Crippen molar-refractivity contribution in [3.63, 3.8) is 0 Å². The van der Waals surface area contributed by atoms with Gasteiger partial charge in [-0.2, -0.15) is 0 Å². The second-order valence-electron chi connectivity index (χ2n) is 5.47. The van der Waals surface area contributed by atoms with E-state index in [0.717, 1.165) is 11.1 Å². The first-order valence-electron chi connectivity index (χ1n) is 7.41. The van der Waals surface area contributed by atoms with Crippen molar-refractivity contribution in [1.29, 1.82) is 0 Å². The zero-order valence-corrected chi connectivity index (χ0v) is 12.2. The molecule has 0 bridgehead atoms. The van der Waals surface area contributed by atoms with E-state index < -0.39 is 0 Å². The van der Waals surface area contributed by atoms with Gasteiger partial charge in [-0.3, -0.25) is 9.59 Å². The Morgan fingerprint density at radius 3 is 2.00 bits per heavy atom. The van der Waals surface area contributed by atoms with Crippen molar-refractivity contribution in [3.05, 3.63) is 71.8 Å². The van der Waals surface area contributed by atoms with Crippen LogP contribution in [-0.2, 0) is 9.59 Å². The Labute approximate surface area is 129 Å². The van der Waals surface area contributed by atoms with Crippen LogP contribution in [0.25, 0.3) is 0 Å². The molecule has 3 rings (SSSR count). The summed E-state index contributed by atoms with van der Waals surface area (Å²) in [6.07, 6.45) is 0.349. The Kier molecular flexibility index (Phi) is 4.19. The minimum absolute atomic E-state index is 0.0127. The van der Waals surface area contributed by atoms with Gasteiger partial charge in [0.1, 0.15) is 0 Å². The van der Waals surface area contributed by atoms with E-state index in [4.69, 9.17) is 0 Å². The molecule has 0 spiro atoms. The van der Waals surface area contributed by atoms with Crippen LogP contribution in [0.3, 0.4) is 0 Å². The summed E-state index contributed by atoms with van der Waals surface area (Å²) in [5.74, 6) is -0.446. The summed E-state index contributed by atoms with van der Waals surface area (Å²) in [6.45, 7) is 0.501. The Hall–Kier alpha value is -2.62. The standard InChI is InChI=1S/C18H18N2O2/c21-16-11-15(12-19-16)20-18(22)17(13-7-3-1-4-8-13)14-9-5-2-6-10-14/h1-10,15,17H,11-12H2,(H,19,21)(H,20,22)/t15-/m0/s1. The predicted octanol–water partition coefficient (Wildman–Crippen LogP) is 1.82. The molecule has 2 aromatic rings. The molecule has 4 heteroatoms. The van der Waals surface area contributed by atoms with Crippen molar-refractivity contribution in [3.8, 4) is 0 Å². The highest BCUT2D eigenvalue weighted by atomic mass is 16.2. The molecule has 0 aliphatic carbocycles. The van der Waals surface area contributed by atoms with E-state index in [1.165, 1.54) is 0 Å². The maximum Gasteiger partial charge on any atom is 0.232 e. The Bertz CT molecular complexity index is 616. The van der Waals surface area contributed by atoms with E-state index in [1.54, 1.807) is 0 Å². The van der Waals surface area contributed by atoms with Crippen LogP contribution in [-0.4, -0.2) is 24.4 Å². The SMILES string of the molecule is O=C1C[C@H](NC(=O)C(c2ccccc2)c2ccccc2)CN1. The lowest BCUT2D eigenvalue weighted by Gasteiger charge is -2.20. The molecular weight excluding hydrogens is 276 g/mol. The van der Waals surface area contributed by atoms with E-state index >= 15 is 0 Å². The average Bonchev–Trinajstić information content (AvgIpc) is 2.95. The molecule has 1 fully saturated rings. The van der Waals surface area contributed by atoms with Crippen molar-refractivity contribution < 1.29 is 9.59 Å². The number of hydrogen-bond donors (Lipinski definition) is 2. The zero-order valence-electron chi connectivity index (χ0n) is 12.2. The van der Waals surface area contributed by atoms with E-state index in [1.807, 2.05) is 60.7 Å². The van der Waals surface area contributed by atoms with Gasteiger partial charge in [-0.1, -0.05) is 60.7 Å². The lowest BCUT2D eigenvalue weighted by molar-refractivity contribution is -0.122. The van der Waals surface area contributed by atoms with Crippen molar-refractivity contribution >= 4 is 11.8 Å². The number of carbonyl (C=O) groups is 2. The number of nitrogens with one attached hydrogen (secondary N) is 2. The van der Waals surface area contributed by atoms with Crippen molar-refractivity contribution in [2.75, 3.05) is 6.54 Å². The third-order valence-corrected chi connectivity index (χ3v) is 3.85. The first-order chi connectivity index (χ1) is 10.7. The molecule has 2 N–H and O–H groups in total. The molecule has 1 saturated heterocycles. The van der Waals surface area contributed by atoms with Gasteiger partial charge in [0.05, 0.1) is 12.0 Å². The summed E-state index contributed by atoms with van der Waals surface area (Å²) in [4.78, 5) is 24.0. The normalized spacial score (nSPS) is 17.3. The van der Waals surface area contributed by atoms with Gasteiger partial charge < -0.3 is 10.6 Å². The predicted molar refractivity (Wildman–Crippen MR) is 84.3 cm³/mol. The fourth-order valence-electron chi connectivity index (χ4n) is 2.78.